The van der Waals surface area contributed by atoms with E-state index in [1.165, 1.54) is 0 Å². The van der Waals surface area contributed by atoms with Crippen molar-refractivity contribution in [1.82, 2.24) is 0 Å². The van der Waals surface area contributed by atoms with Gasteiger partial charge in [0.1, 0.15) is 0 Å². The van der Waals surface area contributed by atoms with Gasteiger partial charge in [-0.25, -0.2) is 0 Å². The summed E-state index contributed by atoms with van der Waals surface area (Å²) in [5.41, 5.74) is -1.87. The van der Waals surface area contributed by atoms with Gasteiger partial charge in [0, 0.05) is 11.6 Å². The number of alkyl halides is 6. The van der Waals surface area contributed by atoms with Crippen LogP contribution < -0.4 is 0 Å². The van der Waals surface area contributed by atoms with Gasteiger partial charge in [0.25, 0.3) is 0 Å². The average molecular weight is 321 g/mol. The first-order chi connectivity index (χ1) is 9.44. The summed E-state index contributed by atoms with van der Waals surface area (Å²) in [5, 5.41) is 10.4. The summed E-state index contributed by atoms with van der Waals surface area (Å²) < 4.78 is 90.2. The van der Waals surface area contributed by atoms with Crippen LogP contribution in [0.3, 0.4) is 0 Å². The van der Waals surface area contributed by atoms with Crippen LogP contribution in [0.2, 0.25) is 0 Å². The van der Waals surface area contributed by atoms with Crippen molar-refractivity contribution in [2.24, 2.45) is 0 Å². The third kappa shape index (κ3) is 4.28. The van der Waals surface area contributed by atoms with Gasteiger partial charge in [-0.2, -0.15) is 30.7 Å². The molecule has 21 heavy (non-hydrogen) atoms. The van der Waals surface area contributed by atoms with Crippen molar-refractivity contribution < 1.29 is 40.4 Å². The minimum atomic E-state index is -5.74. The van der Waals surface area contributed by atoms with Crippen molar-refractivity contribution in [1.29, 1.82) is 0 Å². The van der Waals surface area contributed by atoms with Crippen LogP contribution in [0.4, 0.5) is 36.4 Å². The molecule has 0 radical (unpaired) electrons. The molecule has 0 fully saturated rings. The van der Waals surface area contributed by atoms with E-state index >= 15 is 0 Å². The lowest BCUT2D eigenvalue weighted by molar-refractivity contribution is -0.387. The van der Waals surface area contributed by atoms with Crippen molar-refractivity contribution in [2.75, 3.05) is 0 Å². The van der Waals surface area contributed by atoms with E-state index in [-0.39, 0.29) is 0 Å². The second-order valence-corrected chi connectivity index (χ2v) is 3.78. The van der Waals surface area contributed by atoms with Gasteiger partial charge in [-0.3, -0.25) is 10.1 Å². The molecule has 0 heterocycles. The summed E-state index contributed by atoms with van der Waals surface area (Å²) in [6.07, 6.45) is -15.6. The van der Waals surface area contributed by atoms with Gasteiger partial charge in [0.2, 0.25) is 11.9 Å². The van der Waals surface area contributed by atoms with Crippen molar-refractivity contribution >= 4 is 5.69 Å². The van der Waals surface area contributed by atoms with Crippen LogP contribution in [0.25, 0.3) is 0 Å². The minimum absolute atomic E-state index is 0.712. The molecule has 0 amide bonds. The van der Waals surface area contributed by atoms with Crippen LogP contribution >= 0.6 is 0 Å². The van der Waals surface area contributed by atoms with Gasteiger partial charge in [-0.15, -0.1) is 0 Å². The van der Waals surface area contributed by atoms with Gasteiger partial charge < -0.3 is 4.74 Å². The van der Waals surface area contributed by atoms with E-state index in [1.54, 1.807) is 0 Å². The highest BCUT2D eigenvalue weighted by Gasteiger charge is 2.58. The van der Waals surface area contributed by atoms with E-state index in [1.807, 2.05) is 0 Å². The Morgan fingerprint density at radius 1 is 1.14 bits per heavy atom. The molecule has 0 saturated carbocycles. The molecule has 118 valence electrons. The number of rotatable bonds is 4. The number of benzene rings is 1. The number of halogens is 7. The molecule has 0 N–H and O–H groups in total. The first kappa shape index (κ1) is 17.1. The van der Waals surface area contributed by atoms with Crippen LogP contribution in [0.15, 0.2) is 18.2 Å². The number of ether oxygens (including phenoxy) is 1. The van der Waals surface area contributed by atoms with Crippen LogP contribution in [0, 0.1) is 15.9 Å². The van der Waals surface area contributed by atoms with Gasteiger partial charge in [0.05, 0.1) is 11.5 Å². The van der Waals surface area contributed by atoms with Crippen LogP contribution in [0.5, 0.6) is 0 Å². The molecule has 0 aliphatic carbocycles. The smallest absolute Gasteiger partial charge is 0.356 e. The highest BCUT2D eigenvalue weighted by molar-refractivity contribution is 5.36. The predicted molar refractivity (Wildman–Crippen MR) is 53.7 cm³/mol. The van der Waals surface area contributed by atoms with E-state index in [0.29, 0.717) is 6.07 Å². The maximum absolute atomic E-state index is 13.5. The number of hydrogen-bond acceptors (Lipinski definition) is 3. The van der Waals surface area contributed by atoms with Crippen molar-refractivity contribution in [3.8, 4) is 0 Å². The fourth-order valence-electron chi connectivity index (χ4n) is 1.37. The zero-order valence-electron chi connectivity index (χ0n) is 9.83. The largest absolute Gasteiger partial charge is 0.423 e. The molecule has 11 heteroatoms. The third-order valence-corrected chi connectivity index (χ3v) is 2.26. The summed E-state index contributed by atoms with van der Waals surface area (Å²) >= 11 is 0. The maximum Gasteiger partial charge on any atom is 0.423 e. The molecule has 1 aromatic rings. The fraction of sp³-hybridized carbons (Fsp3) is 0.400. The Kier molecular flexibility index (Phi) is 4.76. The highest BCUT2D eigenvalue weighted by atomic mass is 19.4. The average Bonchev–Trinajstić information content (AvgIpc) is 2.27. The number of hydrogen-bond donors (Lipinski definition) is 0. The molecule has 0 aliphatic rings. The molecule has 0 bridgehead atoms. The summed E-state index contributed by atoms with van der Waals surface area (Å²) in [6, 6.07) is 2.41. The lowest BCUT2D eigenvalue weighted by Crippen LogP contribution is -2.44. The number of nitro groups is 1. The Morgan fingerprint density at radius 2 is 1.67 bits per heavy atom. The minimum Gasteiger partial charge on any atom is -0.356 e. The van der Waals surface area contributed by atoms with Gasteiger partial charge >= 0.3 is 18.0 Å². The molecule has 0 unspecified atom stereocenters. The molecule has 1 aromatic carbocycles. The summed E-state index contributed by atoms with van der Waals surface area (Å²) in [4.78, 5) is 9.23. The number of nitrogens with zero attached hydrogens (tertiary/aromatic N) is 1. The molecular weight excluding hydrogens is 315 g/mol. The first-order valence-corrected chi connectivity index (χ1v) is 5.11. The van der Waals surface area contributed by atoms with E-state index < -0.39 is 47.1 Å². The van der Waals surface area contributed by atoms with Crippen molar-refractivity contribution in [3.05, 3.63) is 39.7 Å². The van der Waals surface area contributed by atoms with Gasteiger partial charge in [0.15, 0.2) is 0 Å². The monoisotopic (exact) mass is 321 g/mol. The van der Waals surface area contributed by atoms with Gasteiger partial charge in [-0.1, -0.05) is 12.1 Å². The quantitative estimate of drug-likeness (QED) is 0.482. The van der Waals surface area contributed by atoms with Crippen LogP contribution in [0.1, 0.15) is 5.56 Å². The second-order valence-electron chi connectivity index (χ2n) is 3.78. The third-order valence-electron chi connectivity index (χ3n) is 2.26. The SMILES string of the molecule is O=[N+]([O-])c1cccc(COC(C(F)(F)F)C(F)(F)F)c1F. The summed E-state index contributed by atoms with van der Waals surface area (Å²) in [6.45, 7) is -1.42. The molecule has 0 spiro atoms. The molecular formula is C10H6F7NO3. The topological polar surface area (TPSA) is 52.4 Å². The highest BCUT2D eigenvalue weighted by Crippen LogP contribution is 2.36. The normalized spacial score (nSPS) is 12.8. The van der Waals surface area contributed by atoms with Crippen LogP contribution in [-0.4, -0.2) is 23.4 Å². The summed E-state index contributed by atoms with van der Waals surface area (Å²) in [7, 11) is 0. The van der Waals surface area contributed by atoms with Crippen molar-refractivity contribution in [2.45, 2.75) is 25.1 Å². The molecule has 0 atom stereocenters. The van der Waals surface area contributed by atoms with Gasteiger partial charge in [-0.05, 0) is 0 Å². The Balaban J connectivity index is 2.97. The molecule has 0 aliphatic heterocycles. The standard InChI is InChI=1S/C10H6F7NO3/c11-7-5(2-1-3-6(7)18(19)20)4-21-8(9(12,13)14)10(15,16)17/h1-3,8H,4H2. The maximum atomic E-state index is 13.5. The van der Waals surface area contributed by atoms with Crippen LogP contribution in [-0.2, 0) is 11.3 Å². The molecule has 0 saturated heterocycles. The van der Waals surface area contributed by atoms with E-state index in [4.69, 9.17) is 0 Å². The molecule has 4 nitrogen and oxygen atoms in total. The Bertz CT molecular complexity index is 512. The predicted octanol–water partition coefficient (Wildman–Crippen LogP) is 3.74. The van der Waals surface area contributed by atoms with E-state index in [0.717, 1.165) is 12.1 Å². The molecule has 1 rings (SSSR count). The first-order valence-electron chi connectivity index (χ1n) is 5.11. The summed E-state index contributed by atoms with van der Waals surface area (Å²) in [5.74, 6) is -1.55. The number of nitro benzene ring substituents is 1. The fourth-order valence-corrected chi connectivity index (χ4v) is 1.37. The van der Waals surface area contributed by atoms with E-state index in [9.17, 15) is 40.8 Å². The zero-order chi connectivity index (χ0) is 16.4. The lowest BCUT2D eigenvalue weighted by Gasteiger charge is -2.23. The van der Waals surface area contributed by atoms with Crippen molar-refractivity contribution in [3.63, 3.8) is 0 Å². The van der Waals surface area contributed by atoms with E-state index in [2.05, 4.69) is 4.74 Å². The Hall–Kier alpha value is -1.91. The second kappa shape index (κ2) is 5.84. The Labute approximate surface area is 112 Å². The molecule has 0 aromatic heterocycles. The zero-order valence-corrected chi connectivity index (χ0v) is 9.83. The lowest BCUT2D eigenvalue weighted by atomic mass is 10.2. The Morgan fingerprint density at radius 3 is 2.10 bits per heavy atom.